The number of carboxylic acids is 2. The van der Waals surface area contributed by atoms with Gasteiger partial charge in [0.15, 0.2) is 13.2 Å². The number of carbonyl (C=O) groups excluding carboxylic acids is 1. The zero-order valence-electron chi connectivity index (χ0n) is 30.9. The second-order valence-electron chi connectivity index (χ2n) is 12.5. The second kappa shape index (κ2) is 24.1. The molecule has 1 amide bonds. The van der Waals surface area contributed by atoms with Crippen molar-refractivity contribution in [1.29, 1.82) is 0 Å². The summed E-state index contributed by atoms with van der Waals surface area (Å²) >= 11 is 11.8. The molecule has 0 aliphatic carbocycles. The highest BCUT2D eigenvalue weighted by Crippen LogP contribution is 2.36. The Morgan fingerprint density at radius 3 is 1.34 bits per heavy atom. The van der Waals surface area contributed by atoms with Crippen LogP contribution in [0, 0.1) is 0 Å². The molecule has 348 valence electrons. The molecule has 0 atom stereocenters. The fourth-order valence-corrected chi connectivity index (χ4v) is 5.31. The Balaban J connectivity index is 0.000000524. The van der Waals surface area contributed by atoms with Crippen molar-refractivity contribution in [1.82, 2.24) is 20.0 Å². The van der Waals surface area contributed by atoms with Gasteiger partial charge in [-0.1, -0.05) is 35.3 Å². The first kappa shape index (κ1) is 55.1. The van der Waals surface area contributed by atoms with Gasteiger partial charge in [0.25, 0.3) is 6.10 Å². The van der Waals surface area contributed by atoms with Crippen molar-refractivity contribution < 1.29 is 96.6 Å². The van der Waals surface area contributed by atoms with Crippen molar-refractivity contribution in [2.24, 2.45) is 0 Å². The van der Waals surface area contributed by atoms with Crippen molar-refractivity contribution in [3.63, 3.8) is 0 Å². The second-order valence-corrected chi connectivity index (χ2v) is 13.4. The molecule has 0 bridgehead atoms. The smallest absolute Gasteiger partial charge is 0.434 e. The molecule has 0 radical (unpaired) electrons. The van der Waals surface area contributed by atoms with Crippen molar-refractivity contribution in [2.45, 2.75) is 50.0 Å². The summed E-state index contributed by atoms with van der Waals surface area (Å²) in [4.78, 5) is 37.9. The first-order chi connectivity index (χ1) is 27.6. The van der Waals surface area contributed by atoms with Gasteiger partial charge in [0, 0.05) is 86.6 Å². The highest BCUT2D eigenvalue weighted by Gasteiger charge is 2.60. The number of alkyl halides is 12. The molecule has 61 heavy (non-hydrogen) atoms. The first-order valence-electron chi connectivity index (χ1n) is 16.9. The third-order valence-electron chi connectivity index (χ3n) is 7.82. The third kappa shape index (κ3) is 20.2. The normalized spacial score (nSPS) is 15.5. The van der Waals surface area contributed by atoms with Crippen molar-refractivity contribution in [3.05, 3.63) is 57.6 Å². The minimum atomic E-state index is -5.78. The van der Waals surface area contributed by atoms with Crippen LogP contribution in [0.3, 0.4) is 0 Å². The predicted molar refractivity (Wildman–Crippen MR) is 192 cm³/mol. The fraction of sp³-hybridized carbons (Fsp3) is 0.545. The maximum Gasteiger partial charge on any atom is 0.434 e. The lowest BCUT2D eigenvalue weighted by molar-refractivity contribution is -0.309. The van der Waals surface area contributed by atoms with E-state index in [9.17, 15) is 67.1 Å². The van der Waals surface area contributed by atoms with E-state index >= 15 is 0 Å². The third-order valence-corrected chi connectivity index (χ3v) is 8.29. The fourth-order valence-electron chi connectivity index (χ4n) is 4.99. The maximum atomic E-state index is 12.5. The Bertz CT molecular complexity index is 1680. The van der Waals surface area contributed by atoms with Gasteiger partial charge in [0.2, 0.25) is 6.10 Å². The summed E-state index contributed by atoms with van der Waals surface area (Å²) in [5.41, 5.74) is 1.53. The molecule has 2 aromatic rings. The van der Waals surface area contributed by atoms with E-state index in [0.29, 0.717) is 21.4 Å². The van der Waals surface area contributed by atoms with Crippen LogP contribution >= 0.6 is 35.6 Å². The number of rotatable bonds is 11. The average molecular weight is 968 g/mol. The lowest BCUT2D eigenvalue weighted by Crippen LogP contribution is -2.52. The lowest BCUT2D eigenvalue weighted by Gasteiger charge is -2.35. The largest absolute Gasteiger partial charge is 0.482 e. The number of hydrogen-bond acceptors (Lipinski definition) is 10. The van der Waals surface area contributed by atoms with Gasteiger partial charge < -0.3 is 39.7 Å². The van der Waals surface area contributed by atoms with Gasteiger partial charge in [-0.15, -0.1) is 12.4 Å². The van der Waals surface area contributed by atoms with Crippen molar-refractivity contribution in [2.75, 3.05) is 65.6 Å². The molecular formula is C33H37Cl3F12N4O9. The summed E-state index contributed by atoms with van der Waals surface area (Å²) in [6, 6.07) is 9.92. The SMILES string of the molecule is Cl.O=C(O)COc1cc(Cl)ccc1CN1CCN(C(=O)OC(C(F)(F)F)C(F)(F)F)CC1.O=C(O)COc1cc(Cl)ccc1CN1CCNCC1.OC(C(F)(F)F)C(F)(F)F. The molecule has 0 saturated carbocycles. The molecule has 2 aliphatic rings. The number of aliphatic hydroxyl groups is 1. The molecule has 2 saturated heterocycles. The molecule has 0 unspecified atom stereocenters. The molecule has 4 rings (SSSR count). The molecule has 2 aromatic carbocycles. The lowest BCUT2D eigenvalue weighted by atomic mass is 10.1. The Hall–Kier alpha value is -3.88. The quantitative estimate of drug-likeness (QED) is 0.178. The zero-order chi connectivity index (χ0) is 45.6. The molecule has 2 aliphatic heterocycles. The highest BCUT2D eigenvalue weighted by molar-refractivity contribution is 6.31. The van der Waals surface area contributed by atoms with E-state index in [1.165, 1.54) is 6.07 Å². The summed E-state index contributed by atoms with van der Waals surface area (Å²) in [5, 5.41) is 29.0. The average Bonchev–Trinajstić information content (AvgIpc) is 3.13. The summed E-state index contributed by atoms with van der Waals surface area (Å²) in [6.45, 7) is 3.82. The number of piperazine rings is 2. The molecule has 13 nitrogen and oxygen atoms in total. The van der Waals surface area contributed by atoms with E-state index in [1.54, 1.807) is 29.2 Å². The van der Waals surface area contributed by atoms with Crippen molar-refractivity contribution >= 4 is 53.6 Å². The summed E-state index contributed by atoms with van der Waals surface area (Å²) in [6.07, 6.45) is -33.0. The standard InChI is InChI=1S/C17H17ClF6N2O5.C13H17ClN2O3.C3H2F6O.ClH/c18-11-2-1-10(12(7-11)30-9-13(27)28)8-25-3-5-26(6-4-25)15(29)31-14(16(19,20)21)17(22,23)24;14-11-2-1-10(8-16-5-3-15-4-6-16)12(7-11)19-9-13(17)18;4-2(5,6)1(10)3(7,8)9;/h1-2,7,14H,3-6,8-9H2,(H,27,28);1-2,7,15H,3-6,8-9H2,(H,17,18);1,10H;1H. The van der Waals surface area contributed by atoms with Gasteiger partial charge in [0.1, 0.15) is 11.5 Å². The molecule has 28 heteroatoms. The van der Waals surface area contributed by atoms with Crippen LogP contribution in [-0.4, -0.2) is 151 Å². The number of hydrogen-bond donors (Lipinski definition) is 4. The minimum absolute atomic E-state index is 0. The minimum Gasteiger partial charge on any atom is -0.482 e. The number of amides is 1. The van der Waals surface area contributed by atoms with E-state index in [1.807, 2.05) is 6.07 Å². The number of aliphatic hydroxyl groups excluding tert-OH is 1. The van der Waals surface area contributed by atoms with Gasteiger partial charge in [0.05, 0.1) is 0 Å². The van der Waals surface area contributed by atoms with E-state index < -0.39 is 61.6 Å². The zero-order valence-corrected chi connectivity index (χ0v) is 33.3. The Kier molecular flexibility index (Phi) is 21.8. The van der Waals surface area contributed by atoms with Crippen molar-refractivity contribution in [3.8, 4) is 11.5 Å². The van der Waals surface area contributed by atoms with E-state index in [0.717, 1.165) is 43.2 Å². The number of aliphatic carboxylic acids is 2. The maximum absolute atomic E-state index is 12.5. The van der Waals surface area contributed by atoms with Crippen LogP contribution in [0.5, 0.6) is 11.5 Å². The van der Waals surface area contributed by atoms with Gasteiger partial charge in [-0.25, -0.2) is 14.4 Å². The monoisotopic (exact) mass is 966 g/mol. The van der Waals surface area contributed by atoms with Gasteiger partial charge >= 0.3 is 42.7 Å². The number of ether oxygens (including phenoxy) is 3. The molecule has 0 aromatic heterocycles. The molecular weight excluding hydrogens is 931 g/mol. The van der Waals surface area contributed by atoms with E-state index in [2.05, 4.69) is 15.0 Å². The summed E-state index contributed by atoms with van der Waals surface area (Å²) in [7, 11) is 0. The van der Waals surface area contributed by atoms with Crippen LogP contribution in [0.4, 0.5) is 57.5 Å². The van der Waals surface area contributed by atoms with Gasteiger partial charge in [-0.2, -0.15) is 52.7 Å². The molecule has 2 heterocycles. The van der Waals surface area contributed by atoms with Gasteiger partial charge in [-0.05, 0) is 24.3 Å². The number of benzene rings is 2. The molecule has 4 N–H and O–H groups in total. The van der Waals surface area contributed by atoms with Gasteiger partial charge in [-0.3, -0.25) is 9.80 Å². The number of nitrogens with zero attached hydrogens (tertiary/aromatic N) is 3. The number of nitrogens with one attached hydrogen (secondary N) is 1. The van der Waals surface area contributed by atoms with Crippen LogP contribution < -0.4 is 14.8 Å². The van der Waals surface area contributed by atoms with Crippen LogP contribution in [0.15, 0.2) is 36.4 Å². The first-order valence-corrected chi connectivity index (χ1v) is 17.7. The predicted octanol–water partition coefficient (Wildman–Crippen LogP) is 6.65. The number of carbonyl (C=O) groups is 3. The Morgan fingerprint density at radius 1 is 0.639 bits per heavy atom. The summed E-state index contributed by atoms with van der Waals surface area (Å²) in [5.74, 6) is -1.43. The summed E-state index contributed by atoms with van der Waals surface area (Å²) < 4.78 is 155. The number of carboxylic acid groups (broad SMARTS) is 2. The Labute approximate surface area is 354 Å². The van der Waals surface area contributed by atoms with Crippen LogP contribution in [-0.2, 0) is 27.4 Å². The topological polar surface area (TPSA) is 161 Å². The molecule has 0 spiro atoms. The van der Waals surface area contributed by atoms with E-state index in [4.69, 9.17) is 48.0 Å². The van der Waals surface area contributed by atoms with Crippen LogP contribution in [0.2, 0.25) is 10.0 Å². The van der Waals surface area contributed by atoms with Crippen LogP contribution in [0.25, 0.3) is 0 Å². The highest BCUT2D eigenvalue weighted by atomic mass is 35.5. The number of halogens is 15. The van der Waals surface area contributed by atoms with Crippen LogP contribution in [0.1, 0.15) is 11.1 Å². The van der Waals surface area contributed by atoms with E-state index in [-0.39, 0.29) is 57.5 Å². The molecule has 2 fully saturated rings. The Morgan fingerprint density at radius 2 is 1.02 bits per heavy atom.